The topological polar surface area (TPSA) is 80.7 Å². The fourth-order valence-electron chi connectivity index (χ4n) is 3.44. The van der Waals surface area contributed by atoms with Crippen LogP contribution in [0.4, 0.5) is 0 Å². The molecule has 152 valence electrons. The zero-order chi connectivity index (χ0) is 20.1. The summed E-state index contributed by atoms with van der Waals surface area (Å²) in [5.74, 6) is -0.867. The van der Waals surface area contributed by atoms with Gasteiger partial charge in [-0.05, 0) is 37.8 Å². The van der Waals surface area contributed by atoms with E-state index in [4.69, 9.17) is 9.84 Å². The predicted molar refractivity (Wildman–Crippen MR) is 105 cm³/mol. The lowest BCUT2D eigenvalue weighted by Crippen LogP contribution is -2.17. The van der Waals surface area contributed by atoms with E-state index in [0.29, 0.717) is 6.42 Å². The summed E-state index contributed by atoms with van der Waals surface area (Å²) in [6.07, 6.45) is 15.8. The number of carboxylic acids is 1. The van der Waals surface area contributed by atoms with Crippen molar-refractivity contribution in [2.24, 2.45) is 11.8 Å². The predicted octanol–water partition coefficient (Wildman–Crippen LogP) is 4.85. The summed E-state index contributed by atoms with van der Waals surface area (Å²) in [4.78, 5) is 34.0. The third-order valence-corrected chi connectivity index (χ3v) is 4.93. The van der Waals surface area contributed by atoms with Crippen LogP contribution < -0.4 is 0 Å². The molecule has 5 nitrogen and oxygen atoms in total. The average molecular weight is 379 g/mol. The standard InChI is InChI=1S/C22H34O5/c1-3-4-7-10-19(27-17(2)23)15-13-18-14-16-21(24)20(18)11-8-5-6-9-12-22(25)26/h13-16,18-20H,3-12H2,1-2H3,(H,25,26)/b15-13+/t18-,19?,20+/m0/s1. The highest BCUT2D eigenvalue weighted by atomic mass is 16.5. The van der Waals surface area contributed by atoms with Crippen LogP contribution in [0.5, 0.6) is 0 Å². The van der Waals surface area contributed by atoms with Crippen LogP contribution in [-0.2, 0) is 19.1 Å². The number of hydrogen-bond acceptors (Lipinski definition) is 4. The highest BCUT2D eigenvalue weighted by Gasteiger charge is 2.27. The van der Waals surface area contributed by atoms with Gasteiger partial charge in [0.05, 0.1) is 0 Å². The molecule has 0 heterocycles. The van der Waals surface area contributed by atoms with Crippen molar-refractivity contribution in [2.45, 2.75) is 84.2 Å². The van der Waals surface area contributed by atoms with E-state index in [9.17, 15) is 14.4 Å². The molecule has 0 aromatic carbocycles. The Labute approximate surface area is 162 Å². The second-order valence-electron chi connectivity index (χ2n) is 7.32. The summed E-state index contributed by atoms with van der Waals surface area (Å²) in [5, 5.41) is 8.65. The number of unbranched alkanes of at least 4 members (excludes halogenated alkanes) is 5. The number of ketones is 1. The maximum Gasteiger partial charge on any atom is 0.303 e. The van der Waals surface area contributed by atoms with Crippen molar-refractivity contribution >= 4 is 17.7 Å². The number of rotatable bonds is 14. The zero-order valence-corrected chi connectivity index (χ0v) is 16.7. The number of esters is 1. The minimum atomic E-state index is -0.753. The van der Waals surface area contributed by atoms with Crippen LogP contribution in [0.25, 0.3) is 0 Å². The minimum Gasteiger partial charge on any atom is -0.481 e. The van der Waals surface area contributed by atoms with E-state index in [1.165, 1.54) is 6.92 Å². The Kier molecular flexibility index (Phi) is 11.4. The lowest BCUT2D eigenvalue weighted by Gasteiger charge is -2.17. The van der Waals surface area contributed by atoms with Crippen molar-refractivity contribution in [1.29, 1.82) is 0 Å². The highest BCUT2D eigenvalue weighted by molar-refractivity contribution is 5.94. The summed E-state index contributed by atoms with van der Waals surface area (Å²) < 4.78 is 5.38. The zero-order valence-electron chi connectivity index (χ0n) is 16.7. The number of hydrogen-bond donors (Lipinski definition) is 1. The average Bonchev–Trinajstić information content (AvgIpc) is 2.95. The van der Waals surface area contributed by atoms with Gasteiger partial charge in [-0.1, -0.05) is 51.2 Å². The first-order valence-electron chi connectivity index (χ1n) is 10.2. The number of ether oxygens (including phenoxy) is 1. The molecule has 0 fully saturated rings. The molecule has 0 saturated heterocycles. The maximum atomic E-state index is 12.1. The van der Waals surface area contributed by atoms with Crippen LogP contribution in [0, 0.1) is 11.8 Å². The van der Waals surface area contributed by atoms with E-state index >= 15 is 0 Å². The molecule has 27 heavy (non-hydrogen) atoms. The fraction of sp³-hybridized carbons (Fsp3) is 0.682. The molecule has 0 aliphatic heterocycles. The lowest BCUT2D eigenvalue weighted by atomic mass is 9.88. The summed E-state index contributed by atoms with van der Waals surface area (Å²) in [7, 11) is 0. The molecule has 1 aliphatic rings. The van der Waals surface area contributed by atoms with Crippen molar-refractivity contribution in [2.75, 3.05) is 0 Å². The molecule has 0 aromatic rings. The second kappa shape index (κ2) is 13.3. The van der Waals surface area contributed by atoms with Gasteiger partial charge in [-0.25, -0.2) is 0 Å². The Balaban J connectivity index is 2.47. The molecule has 1 rings (SSSR count). The van der Waals surface area contributed by atoms with Crippen LogP contribution in [0.2, 0.25) is 0 Å². The van der Waals surface area contributed by atoms with Gasteiger partial charge in [0, 0.05) is 25.2 Å². The molecule has 3 atom stereocenters. The summed E-state index contributed by atoms with van der Waals surface area (Å²) in [6, 6.07) is 0. The molecule has 0 bridgehead atoms. The fourth-order valence-corrected chi connectivity index (χ4v) is 3.44. The molecule has 0 saturated carbocycles. The van der Waals surface area contributed by atoms with E-state index in [-0.39, 0.29) is 36.1 Å². The molecule has 0 amide bonds. The van der Waals surface area contributed by atoms with Crippen LogP contribution >= 0.6 is 0 Å². The Bertz CT molecular complexity index is 535. The van der Waals surface area contributed by atoms with Gasteiger partial charge in [0.15, 0.2) is 5.78 Å². The quantitative estimate of drug-likeness (QED) is 0.265. The van der Waals surface area contributed by atoms with Crippen molar-refractivity contribution < 1.29 is 24.2 Å². The Hall–Kier alpha value is -1.91. The molecule has 1 N–H and O–H groups in total. The van der Waals surface area contributed by atoms with Gasteiger partial charge < -0.3 is 9.84 Å². The summed E-state index contributed by atoms with van der Waals surface area (Å²) in [5.41, 5.74) is 0. The second-order valence-corrected chi connectivity index (χ2v) is 7.32. The first kappa shape index (κ1) is 23.1. The van der Waals surface area contributed by atoms with Gasteiger partial charge in [0.1, 0.15) is 6.10 Å². The van der Waals surface area contributed by atoms with Gasteiger partial charge in [-0.3, -0.25) is 14.4 Å². The smallest absolute Gasteiger partial charge is 0.303 e. The number of carbonyl (C=O) groups is 3. The molecular formula is C22H34O5. The van der Waals surface area contributed by atoms with Gasteiger partial charge in [0.2, 0.25) is 0 Å². The molecule has 0 spiro atoms. The SMILES string of the molecule is CCCCCC(/C=C/[C@H]1C=CC(=O)[C@@H]1CCCCCCC(=O)O)OC(C)=O. The van der Waals surface area contributed by atoms with E-state index in [0.717, 1.165) is 51.4 Å². The third-order valence-electron chi connectivity index (χ3n) is 4.93. The van der Waals surface area contributed by atoms with Gasteiger partial charge in [-0.2, -0.15) is 0 Å². The molecule has 0 radical (unpaired) electrons. The van der Waals surface area contributed by atoms with Crippen molar-refractivity contribution in [3.8, 4) is 0 Å². The van der Waals surface area contributed by atoms with Gasteiger partial charge in [-0.15, -0.1) is 0 Å². The molecule has 1 unspecified atom stereocenters. The summed E-state index contributed by atoms with van der Waals surface area (Å²) >= 11 is 0. The highest BCUT2D eigenvalue weighted by Crippen LogP contribution is 2.29. The Morgan fingerprint density at radius 3 is 2.59 bits per heavy atom. The number of carboxylic acid groups (broad SMARTS) is 1. The van der Waals surface area contributed by atoms with Crippen molar-refractivity contribution in [3.05, 3.63) is 24.3 Å². The Morgan fingerprint density at radius 1 is 1.19 bits per heavy atom. The van der Waals surface area contributed by atoms with E-state index < -0.39 is 5.97 Å². The molecule has 0 aromatic heterocycles. The first-order valence-corrected chi connectivity index (χ1v) is 10.2. The number of carbonyl (C=O) groups excluding carboxylic acids is 2. The molecule has 1 aliphatic carbocycles. The van der Waals surface area contributed by atoms with Crippen LogP contribution in [0.3, 0.4) is 0 Å². The minimum absolute atomic E-state index is 0.0469. The molecule has 5 heteroatoms. The normalized spacial score (nSPS) is 20.3. The largest absolute Gasteiger partial charge is 0.481 e. The summed E-state index contributed by atoms with van der Waals surface area (Å²) in [6.45, 7) is 3.56. The van der Waals surface area contributed by atoms with E-state index in [2.05, 4.69) is 6.92 Å². The van der Waals surface area contributed by atoms with Gasteiger partial charge in [0.25, 0.3) is 0 Å². The van der Waals surface area contributed by atoms with E-state index in [1.54, 1.807) is 6.08 Å². The first-order chi connectivity index (χ1) is 12.9. The number of aliphatic carboxylic acids is 1. The molecular weight excluding hydrogens is 344 g/mol. The van der Waals surface area contributed by atoms with E-state index in [1.807, 2.05) is 18.2 Å². The maximum absolute atomic E-state index is 12.1. The van der Waals surface area contributed by atoms with Crippen molar-refractivity contribution in [1.82, 2.24) is 0 Å². The van der Waals surface area contributed by atoms with Crippen LogP contribution in [0.15, 0.2) is 24.3 Å². The van der Waals surface area contributed by atoms with Gasteiger partial charge >= 0.3 is 11.9 Å². The monoisotopic (exact) mass is 378 g/mol. The number of allylic oxidation sites excluding steroid dienone is 3. The lowest BCUT2D eigenvalue weighted by molar-refractivity contribution is -0.144. The Morgan fingerprint density at radius 2 is 1.93 bits per heavy atom. The van der Waals surface area contributed by atoms with Crippen LogP contribution in [-0.4, -0.2) is 28.9 Å². The third kappa shape index (κ3) is 10.1. The van der Waals surface area contributed by atoms with Crippen molar-refractivity contribution in [3.63, 3.8) is 0 Å². The van der Waals surface area contributed by atoms with Crippen LogP contribution in [0.1, 0.15) is 78.1 Å².